The second-order valence-electron chi connectivity index (χ2n) is 5.17. The van der Waals surface area contributed by atoms with Crippen molar-refractivity contribution in [3.63, 3.8) is 0 Å². The zero-order valence-corrected chi connectivity index (χ0v) is 10.6. The summed E-state index contributed by atoms with van der Waals surface area (Å²) in [4.78, 5) is 11.6. The molecule has 16 heavy (non-hydrogen) atoms. The summed E-state index contributed by atoms with van der Waals surface area (Å²) in [7, 11) is 0. The highest BCUT2D eigenvalue weighted by molar-refractivity contribution is 5.81. The highest BCUT2D eigenvalue weighted by Crippen LogP contribution is 2.29. The van der Waals surface area contributed by atoms with E-state index in [4.69, 9.17) is 10.5 Å². The number of hydrogen-bond acceptors (Lipinski definition) is 3. The Morgan fingerprint density at radius 1 is 1.38 bits per heavy atom. The lowest BCUT2D eigenvalue weighted by Gasteiger charge is -2.35. The van der Waals surface area contributed by atoms with Crippen molar-refractivity contribution in [2.45, 2.75) is 39.7 Å². The van der Waals surface area contributed by atoms with Gasteiger partial charge in [-0.15, -0.1) is 0 Å². The smallest absolute Gasteiger partial charge is 0.225 e. The predicted octanol–water partition coefficient (Wildman–Crippen LogP) is 0.903. The van der Waals surface area contributed by atoms with E-state index in [1.165, 1.54) is 0 Å². The molecule has 0 spiro atoms. The van der Waals surface area contributed by atoms with E-state index in [-0.39, 0.29) is 5.91 Å². The van der Waals surface area contributed by atoms with E-state index in [1.807, 2.05) is 0 Å². The van der Waals surface area contributed by atoms with E-state index in [0.29, 0.717) is 31.7 Å². The highest BCUT2D eigenvalue weighted by Gasteiger charge is 2.38. The van der Waals surface area contributed by atoms with E-state index in [1.54, 1.807) is 0 Å². The molecule has 1 rings (SSSR count). The molecule has 0 aliphatic carbocycles. The van der Waals surface area contributed by atoms with Gasteiger partial charge in [0.25, 0.3) is 0 Å². The fourth-order valence-corrected chi connectivity index (χ4v) is 1.86. The topological polar surface area (TPSA) is 64.3 Å². The fraction of sp³-hybridized carbons (Fsp3) is 0.917. The van der Waals surface area contributed by atoms with Crippen LogP contribution in [0.1, 0.15) is 33.6 Å². The van der Waals surface area contributed by atoms with Crippen molar-refractivity contribution in [2.24, 2.45) is 17.1 Å². The Balaban J connectivity index is 2.54. The SMILES string of the molecule is CC(C)C(C)NCC1(C(N)=O)CCOCC1. The number of carbonyl (C=O) groups is 1. The largest absolute Gasteiger partial charge is 0.381 e. The Hall–Kier alpha value is -0.610. The van der Waals surface area contributed by atoms with E-state index in [9.17, 15) is 4.79 Å². The summed E-state index contributed by atoms with van der Waals surface area (Å²) in [5.41, 5.74) is 5.13. The first-order valence-corrected chi connectivity index (χ1v) is 6.09. The second kappa shape index (κ2) is 5.64. The van der Waals surface area contributed by atoms with Crippen molar-refractivity contribution >= 4 is 5.91 Å². The van der Waals surface area contributed by atoms with Crippen LogP contribution < -0.4 is 11.1 Å². The van der Waals surface area contributed by atoms with E-state index in [2.05, 4.69) is 26.1 Å². The van der Waals surface area contributed by atoms with E-state index < -0.39 is 5.41 Å². The molecule has 1 amide bonds. The molecule has 0 radical (unpaired) electrons. The Morgan fingerprint density at radius 2 is 1.94 bits per heavy atom. The third kappa shape index (κ3) is 3.19. The molecule has 0 aromatic rings. The summed E-state index contributed by atoms with van der Waals surface area (Å²) in [6, 6.07) is 0.402. The summed E-state index contributed by atoms with van der Waals surface area (Å²) in [5, 5.41) is 3.42. The van der Waals surface area contributed by atoms with Gasteiger partial charge in [-0.05, 0) is 25.7 Å². The molecule has 0 saturated carbocycles. The first kappa shape index (κ1) is 13.5. The lowest BCUT2D eigenvalue weighted by Crippen LogP contribution is -2.50. The molecule has 1 fully saturated rings. The highest BCUT2D eigenvalue weighted by atomic mass is 16.5. The van der Waals surface area contributed by atoms with Crippen LogP contribution >= 0.6 is 0 Å². The standard InChI is InChI=1S/C12H24N2O2/c1-9(2)10(3)14-8-12(11(13)15)4-6-16-7-5-12/h9-10,14H,4-8H2,1-3H3,(H2,13,15). The van der Waals surface area contributed by atoms with Crippen LogP contribution in [0.25, 0.3) is 0 Å². The molecule has 1 aliphatic heterocycles. The average Bonchev–Trinajstić information content (AvgIpc) is 2.26. The van der Waals surface area contributed by atoms with Crippen LogP contribution in [0.2, 0.25) is 0 Å². The van der Waals surface area contributed by atoms with Crippen LogP contribution in [0.5, 0.6) is 0 Å². The predicted molar refractivity (Wildman–Crippen MR) is 64.0 cm³/mol. The van der Waals surface area contributed by atoms with Crippen molar-refractivity contribution in [2.75, 3.05) is 19.8 Å². The Bertz CT molecular complexity index is 235. The summed E-state index contributed by atoms with van der Waals surface area (Å²) < 4.78 is 5.29. The number of amides is 1. The molecule has 1 saturated heterocycles. The third-order valence-electron chi connectivity index (χ3n) is 3.74. The minimum absolute atomic E-state index is 0.195. The first-order chi connectivity index (χ1) is 7.48. The minimum atomic E-state index is -0.401. The van der Waals surface area contributed by atoms with Crippen LogP contribution in [0.15, 0.2) is 0 Å². The zero-order chi connectivity index (χ0) is 12.2. The van der Waals surface area contributed by atoms with Gasteiger partial charge < -0.3 is 15.8 Å². The number of primary amides is 1. The van der Waals surface area contributed by atoms with Crippen LogP contribution in [0.3, 0.4) is 0 Å². The number of nitrogens with one attached hydrogen (secondary N) is 1. The van der Waals surface area contributed by atoms with Gasteiger partial charge in [0.05, 0.1) is 5.41 Å². The zero-order valence-electron chi connectivity index (χ0n) is 10.6. The molecular formula is C12H24N2O2. The number of carbonyl (C=O) groups excluding carboxylic acids is 1. The van der Waals surface area contributed by atoms with E-state index in [0.717, 1.165) is 12.8 Å². The first-order valence-electron chi connectivity index (χ1n) is 6.09. The maximum absolute atomic E-state index is 11.6. The van der Waals surface area contributed by atoms with Gasteiger partial charge in [-0.1, -0.05) is 13.8 Å². The van der Waals surface area contributed by atoms with Crippen LogP contribution in [0, 0.1) is 11.3 Å². The summed E-state index contributed by atoms with van der Waals surface area (Å²) in [6.45, 7) is 8.42. The Kier molecular flexibility index (Phi) is 4.74. The van der Waals surface area contributed by atoms with Gasteiger partial charge in [0.1, 0.15) is 0 Å². The Morgan fingerprint density at radius 3 is 2.38 bits per heavy atom. The van der Waals surface area contributed by atoms with Gasteiger partial charge >= 0.3 is 0 Å². The van der Waals surface area contributed by atoms with Gasteiger partial charge in [-0.2, -0.15) is 0 Å². The summed E-state index contributed by atoms with van der Waals surface area (Å²) in [5.74, 6) is 0.365. The summed E-state index contributed by atoms with van der Waals surface area (Å²) >= 11 is 0. The minimum Gasteiger partial charge on any atom is -0.381 e. The maximum Gasteiger partial charge on any atom is 0.225 e. The van der Waals surface area contributed by atoms with Crippen molar-refractivity contribution < 1.29 is 9.53 Å². The third-order valence-corrected chi connectivity index (χ3v) is 3.74. The van der Waals surface area contributed by atoms with Crippen LogP contribution in [-0.4, -0.2) is 31.7 Å². The molecule has 94 valence electrons. The molecule has 1 aliphatic rings. The monoisotopic (exact) mass is 228 g/mol. The van der Waals surface area contributed by atoms with Crippen molar-refractivity contribution in [3.05, 3.63) is 0 Å². The molecule has 1 atom stereocenters. The number of nitrogens with two attached hydrogens (primary N) is 1. The Labute approximate surface area is 97.9 Å². The van der Waals surface area contributed by atoms with Crippen LogP contribution in [0.4, 0.5) is 0 Å². The summed E-state index contributed by atoms with van der Waals surface area (Å²) in [6.07, 6.45) is 1.47. The number of ether oxygens (including phenoxy) is 1. The van der Waals surface area contributed by atoms with Crippen molar-refractivity contribution in [1.82, 2.24) is 5.32 Å². The lowest BCUT2D eigenvalue weighted by molar-refractivity contribution is -0.133. The molecule has 3 N–H and O–H groups in total. The molecule has 0 aromatic heterocycles. The van der Waals surface area contributed by atoms with Crippen molar-refractivity contribution in [3.8, 4) is 0 Å². The van der Waals surface area contributed by atoms with Crippen LogP contribution in [-0.2, 0) is 9.53 Å². The molecule has 1 unspecified atom stereocenters. The lowest BCUT2D eigenvalue weighted by atomic mass is 9.79. The van der Waals surface area contributed by atoms with Gasteiger partial charge in [0.2, 0.25) is 5.91 Å². The molecule has 4 nitrogen and oxygen atoms in total. The van der Waals surface area contributed by atoms with Gasteiger partial charge in [0, 0.05) is 25.8 Å². The fourth-order valence-electron chi connectivity index (χ4n) is 1.86. The molecule has 0 bridgehead atoms. The number of rotatable bonds is 5. The maximum atomic E-state index is 11.6. The average molecular weight is 228 g/mol. The molecule has 1 heterocycles. The van der Waals surface area contributed by atoms with Gasteiger partial charge in [-0.3, -0.25) is 4.79 Å². The molecule has 0 aromatic carbocycles. The van der Waals surface area contributed by atoms with E-state index >= 15 is 0 Å². The normalized spacial score (nSPS) is 22.0. The number of hydrogen-bond donors (Lipinski definition) is 2. The quantitative estimate of drug-likeness (QED) is 0.735. The molecule has 4 heteroatoms. The van der Waals surface area contributed by atoms with Gasteiger partial charge in [-0.25, -0.2) is 0 Å². The molecular weight excluding hydrogens is 204 g/mol. The van der Waals surface area contributed by atoms with Crippen molar-refractivity contribution in [1.29, 1.82) is 0 Å². The second-order valence-corrected chi connectivity index (χ2v) is 5.17. The van der Waals surface area contributed by atoms with Gasteiger partial charge in [0.15, 0.2) is 0 Å².